The third-order valence-corrected chi connectivity index (χ3v) is 6.26. The predicted molar refractivity (Wildman–Crippen MR) is 125 cm³/mol. The summed E-state index contributed by atoms with van der Waals surface area (Å²) in [5.41, 5.74) is 0.772. The summed E-state index contributed by atoms with van der Waals surface area (Å²) in [6, 6.07) is 12.1. The van der Waals surface area contributed by atoms with E-state index in [1.807, 2.05) is 38.1 Å². The van der Waals surface area contributed by atoms with Crippen molar-refractivity contribution in [1.82, 2.24) is 15.5 Å². The number of hydrogen-bond donors (Lipinski definition) is 2. The van der Waals surface area contributed by atoms with E-state index in [0.717, 1.165) is 10.0 Å². The van der Waals surface area contributed by atoms with Crippen LogP contribution in [0.2, 0.25) is 0 Å². The molecule has 1 heterocycles. The number of nitro benzene ring substituents is 1. The smallest absolute Gasteiger partial charge is 0.270 e. The molecule has 2 atom stereocenters. The van der Waals surface area contributed by atoms with Gasteiger partial charge in [0.1, 0.15) is 11.0 Å². The Bertz CT molecular complexity index is 1140. The lowest BCUT2D eigenvalue weighted by atomic mass is 9.98. The number of benzene rings is 2. The Morgan fingerprint density at radius 1 is 1.19 bits per heavy atom. The van der Waals surface area contributed by atoms with E-state index in [4.69, 9.17) is 0 Å². The Morgan fingerprint density at radius 3 is 2.56 bits per heavy atom. The summed E-state index contributed by atoms with van der Waals surface area (Å²) in [5, 5.41) is 25.5. The lowest BCUT2D eigenvalue weighted by molar-refractivity contribution is -0.384. The molecule has 0 bridgehead atoms. The molecule has 3 rings (SSSR count). The van der Waals surface area contributed by atoms with Crippen molar-refractivity contribution in [3.8, 4) is 10.6 Å². The van der Waals surface area contributed by atoms with Crippen LogP contribution >= 0.6 is 27.3 Å². The molecule has 166 valence electrons. The van der Waals surface area contributed by atoms with Crippen LogP contribution in [0.3, 0.4) is 0 Å². The van der Waals surface area contributed by atoms with Gasteiger partial charge in [0, 0.05) is 27.7 Å². The van der Waals surface area contributed by atoms with E-state index in [1.165, 1.54) is 35.6 Å². The fourth-order valence-corrected chi connectivity index (χ4v) is 3.87. The molecular formula is C21H20BrN5O4S. The molecule has 0 saturated heterocycles. The SMILES string of the molecule is CCC(C)C(NC(=O)c1cccc([N+](=O)[O-])c1)C(=O)Nc1nnc(-c2ccc(Br)cc2)s1. The second-order valence-corrected chi connectivity index (χ2v) is 8.95. The van der Waals surface area contributed by atoms with Crippen molar-refractivity contribution in [2.24, 2.45) is 5.92 Å². The summed E-state index contributed by atoms with van der Waals surface area (Å²) in [5.74, 6) is -1.19. The highest BCUT2D eigenvalue weighted by molar-refractivity contribution is 9.10. The molecule has 0 radical (unpaired) electrons. The Labute approximate surface area is 196 Å². The number of nitrogens with zero attached hydrogens (tertiary/aromatic N) is 3. The summed E-state index contributed by atoms with van der Waals surface area (Å²) in [6.07, 6.45) is 0.633. The van der Waals surface area contributed by atoms with Gasteiger partial charge in [-0.15, -0.1) is 10.2 Å². The van der Waals surface area contributed by atoms with Crippen molar-refractivity contribution in [3.63, 3.8) is 0 Å². The number of amides is 2. The van der Waals surface area contributed by atoms with Gasteiger partial charge in [0.25, 0.3) is 11.6 Å². The van der Waals surface area contributed by atoms with Crippen LogP contribution in [-0.4, -0.2) is 33.0 Å². The number of non-ortho nitro benzene ring substituents is 1. The largest absolute Gasteiger partial charge is 0.340 e. The van der Waals surface area contributed by atoms with Gasteiger partial charge in [0.05, 0.1) is 4.92 Å². The number of aromatic nitrogens is 2. The molecule has 2 amide bonds. The van der Waals surface area contributed by atoms with Crippen LogP contribution in [0, 0.1) is 16.0 Å². The van der Waals surface area contributed by atoms with Crippen LogP contribution in [-0.2, 0) is 4.79 Å². The number of carbonyl (C=O) groups is 2. The molecule has 0 aliphatic rings. The van der Waals surface area contributed by atoms with Crippen molar-refractivity contribution < 1.29 is 14.5 Å². The molecule has 2 unspecified atom stereocenters. The zero-order valence-electron chi connectivity index (χ0n) is 17.2. The summed E-state index contributed by atoms with van der Waals surface area (Å²) >= 11 is 4.60. The standard InChI is InChI=1S/C21H20BrN5O4S/c1-3-12(2)17(23-18(28)14-5-4-6-16(11-14)27(30)31)19(29)24-21-26-25-20(32-21)13-7-9-15(22)10-8-13/h4-12,17H,3H2,1-2H3,(H,23,28)(H,24,26,29). The fraction of sp³-hybridized carbons (Fsp3) is 0.238. The van der Waals surface area contributed by atoms with E-state index in [9.17, 15) is 19.7 Å². The summed E-state index contributed by atoms with van der Waals surface area (Å²) in [4.78, 5) is 36.0. The van der Waals surface area contributed by atoms with Crippen LogP contribution < -0.4 is 10.6 Å². The molecule has 0 fully saturated rings. The van der Waals surface area contributed by atoms with E-state index >= 15 is 0 Å². The lowest BCUT2D eigenvalue weighted by Gasteiger charge is -2.23. The first kappa shape index (κ1) is 23.5. The number of hydrogen-bond acceptors (Lipinski definition) is 7. The van der Waals surface area contributed by atoms with Gasteiger partial charge in [-0.3, -0.25) is 25.0 Å². The van der Waals surface area contributed by atoms with Crippen LogP contribution in [0.15, 0.2) is 53.0 Å². The number of nitrogens with one attached hydrogen (secondary N) is 2. The van der Waals surface area contributed by atoms with E-state index in [-0.39, 0.29) is 17.2 Å². The van der Waals surface area contributed by atoms with Crippen LogP contribution in [0.4, 0.5) is 10.8 Å². The normalized spacial score (nSPS) is 12.6. The van der Waals surface area contributed by atoms with Crippen molar-refractivity contribution in [1.29, 1.82) is 0 Å². The summed E-state index contributed by atoms with van der Waals surface area (Å²) < 4.78 is 0.940. The number of halogens is 1. The minimum absolute atomic E-state index is 0.105. The molecule has 3 aromatic rings. The highest BCUT2D eigenvalue weighted by Crippen LogP contribution is 2.27. The molecule has 2 aromatic carbocycles. The van der Waals surface area contributed by atoms with Crippen LogP contribution in [0.1, 0.15) is 30.6 Å². The summed E-state index contributed by atoms with van der Waals surface area (Å²) in [7, 11) is 0. The third kappa shape index (κ3) is 5.74. The van der Waals surface area contributed by atoms with E-state index in [1.54, 1.807) is 0 Å². The molecule has 2 N–H and O–H groups in total. The highest BCUT2D eigenvalue weighted by atomic mass is 79.9. The zero-order valence-corrected chi connectivity index (χ0v) is 19.6. The maximum Gasteiger partial charge on any atom is 0.270 e. The molecule has 0 spiro atoms. The molecule has 32 heavy (non-hydrogen) atoms. The first-order valence-corrected chi connectivity index (χ1v) is 11.3. The molecule has 0 aliphatic heterocycles. The van der Waals surface area contributed by atoms with E-state index < -0.39 is 22.8 Å². The minimum Gasteiger partial charge on any atom is -0.340 e. The van der Waals surface area contributed by atoms with Crippen LogP contribution in [0.5, 0.6) is 0 Å². The van der Waals surface area contributed by atoms with Gasteiger partial charge in [0.15, 0.2) is 0 Å². The predicted octanol–water partition coefficient (Wildman–Crippen LogP) is 4.66. The Morgan fingerprint density at radius 2 is 1.91 bits per heavy atom. The second kappa shape index (κ2) is 10.4. The number of rotatable bonds is 8. The van der Waals surface area contributed by atoms with Gasteiger partial charge < -0.3 is 5.32 Å². The van der Waals surface area contributed by atoms with E-state index in [2.05, 4.69) is 36.8 Å². The Kier molecular flexibility index (Phi) is 7.65. The second-order valence-electron chi connectivity index (χ2n) is 7.05. The van der Waals surface area contributed by atoms with Gasteiger partial charge in [-0.1, -0.05) is 65.7 Å². The average Bonchev–Trinajstić information content (AvgIpc) is 3.25. The highest BCUT2D eigenvalue weighted by Gasteiger charge is 2.27. The van der Waals surface area contributed by atoms with E-state index in [0.29, 0.717) is 16.6 Å². The van der Waals surface area contributed by atoms with Gasteiger partial charge in [-0.2, -0.15) is 0 Å². The third-order valence-electron chi connectivity index (χ3n) is 4.85. The number of carbonyl (C=O) groups excluding carboxylic acids is 2. The Balaban J connectivity index is 1.74. The summed E-state index contributed by atoms with van der Waals surface area (Å²) in [6.45, 7) is 3.74. The first-order valence-electron chi connectivity index (χ1n) is 9.74. The fourth-order valence-electron chi connectivity index (χ4n) is 2.85. The molecule has 1 aromatic heterocycles. The van der Waals surface area contributed by atoms with Gasteiger partial charge in [-0.25, -0.2) is 0 Å². The van der Waals surface area contributed by atoms with Crippen molar-refractivity contribution in [2.45, 2.75) is 26.3 Å². The van der Waals surface area contributed by atoms with Crippen LogP contribution in [0.25, 0.3) is 10.6 Å². The monoisotopic (exact) mass is 517 g/mol. The van der Waals surface area contributed by atoms with Crippen molar-refractivity contribution >= 4 is 49.9 Å². The van der Waals surface area contributed by atoms with Crippen molar-refractivity contribution in [3.05, 3.63) is 68.7 Å². The molecule has 11 heteroatoms. The van der Waals surface area contributed by atoms with Crippen molar-refractivity contribution in [2.75, 3.05) is 5.32 Å². The maximum atomic E-state index is 12.9. The maximum absolute atomic E-state index is 12.9. The zero-order chi connectivity index (χ0) is 23.3. The Hall–Kier alpha value is -3.18. The number of nitro groups is 1. The van der Waals surface area contributed by atoms with Gasteiger partial charge in [0.2, 0.25) is 11.0 Å². The topological polar surface area (TPSA) is 127 Å². The molecule has 0 saturated carbocycles. The molecular weight excluding hydrogens is 498 g/mol. The molecule has 9 nitrogen and oxygen atoms in total. The quantitative estimate of drug-likeness (QED) is 0.330. The molecule has 0 aliphatic carbocycles. The van der Waals surface area contributed by atoms with Gasteiger partial charge in [-0.05, 0) is 24.1 Å². The van der Waals surface area contributed by atoms with Gasteiger partial charge >= 0.3 is 0 Å². The number of anilines is 1. The average molecular weight is 518 g/mol. The lowest BCUT2D eigenvalue weighted by Crippen LogP contribution is -2.47. The minimum atomic E-state index is -0.855. The first-order chi connectivity index (χ1) is 15.3.